The van der Waals surface area contributed by atoms with Gasteiger partial charge in [-0.2, -0.15) is 0 Å². The van der Waals surface area contributed by atoms with Gasteiger partial charge in [0.2, 0.25) is 0 Å². The second-order valence-electron chi connectivity index (χ2n) is 6.53. The smallest absolute Gasteiger partial charge is 0.123 e. The standard InChI is InChI=1S/C16H26O2/c1-12(2)13-10-8-9-11-14(13)16(6,7)18-17-15(3,4)5/h8-12H,1-7H3. The Bertz CT molecular complexity index is 386. The van der Waals surface area contributed by atoms with Gasteiger partial charge in [-0.3, -0.25) is 0 Å². The largest absolute Gasteiger partial charge is 0.230 e. The summed E-state index contributed by atoms with van der Waals surface area (Å²) in [6, 6.07) is 8.38. The van der Waals surface area contributed by atoms with Gasteiger partial charge in [0, 0.05) is 0 Å². The van der Waals surface area contributed by atoms with Gasteiger partial charge >= 0.3 is 0 Å². The summed E-state index contributed by atoms with van der Waals surface area (Å²) >= 11 is 0. The van der Waals surface area contributed by atoms with E-state index in [4.69, 9.17) is 9.78 Å². The van der Waals surface area contributed by atoms with Crippen molar-refractivity contribution in [1.82, 2.24) is 0 Å². The predicted molar refractivity (Wildman–Crippen MR) is 75.5 cm³/mol. The van der Waals surface area contributed by atoms with Crippen molar-refractivity contribution in [3.8, 4) is 0 Å². The SMILES string of the molecule is CC(C)c1ccccc1C(C)(C)OOC(C)(C)C. The fourth-order valence-corrected chi connectivity index (χ4v) is 1.82. The fourth-order valence-electron chi connectivity index (χ4n) is 1.82. The van der Waals surface area contributed by atoms with Crippen molar-refractivity contribution >= 4 is 0 Å². The van der Waals surface area contributed by atoms with Crippen molar-refractivity contribution in [3.05, 3.63) is 35.4 Å². The van der Waals surface area contributed by atoms with Crippen LogP contribution in [-0.2, 0) is 15.4 Å². The summed E-state index contributed by atoms with van der Waals surface area (Å²) in [4.78, 5) is 11.2. The zero-order chi connectivity index (χ0) is 14.0. The van der Waals surface area contributed by atoms with Gasteiger partial charge in [-0.05, 0) is 51.7 Å². The molecule has 0 saturated carbocycles. The van der Waals surface area contributed by atoms with Gasteiger partial charge in [0.1, 0.15) is 5.60 Å². The molecule has 0 heterocycles. The van der Waals surface area contributed by atoms with E-state index in [-0.39, 0.29) is 5.60 Å². The highest BCUT2D eigenvalue weighted by Crippen LogP contribution is 2.32. The molecule has 18 heavy (non-hydrogen) atoms. The van der Waals surface area contributed by atoms with E-state index in [1.165, 1.54) is 11.1 Å². The van der Waals surface area contributed by atoms with Crippen LogP contribution in [0.25, 0.3) is 0 Å². The Kier molecular flexibility index (Phi) is 4.57. The molecule has 2 heteroatoms. The third kappa shape index (κ3) is 4.11. The van der Waals surface area contributed by atoms with Gasteiger partial charge in [-0.15, -0.1) is 0 Å². The van der Waals surface area contributed by atoms with E-state index in [0.29, 0.717) is 5.92 Å². The van der Waals surface area contributed by atoms with Crippen molar-refractivity contribution in [1.29, 1.82) is 0 Å². The van der Waals surface area contributed by atoms with Crippen LogP contribution < -0.4 is 0 Å². The van der Waals surface area contributed by atoms with E-state index in [2.05, 4.69) is 32.0 Å². The molecule has 0 aliphatic rings. The third-order valence-electron chi connectivity index (χ3n) is 2.73. The van der Waals surface area contributed by atoms with Gasteiger partial charge in [0.05, 0.1) is 5.60 Å². The van der Waals surface area contributed by atoms with Crippen LogP contribution in [0.1, 0.15) is 65.5 Å². The molecule has 1 rings (SSSR count). The summed E-state index contributed by atoms with van der Waals surface area (Å²) in [7, 11) is 0. The Balaban J connectivity index is 2.97. The summed E-state index contributed by atoms with van der Waals surface area (Å²) in [6.45, 7) is 14.4. The molecule has 1 aromatic rings. The van der Waals surface area contributed by atoms with Gasteiger partial charge in [0.25, 0.3) is 0 Å². The van der Waals surface area contributed by atoms with E-state index < -0.39 is 5.60 Å². The Morgan fingerprint density at radius 1 is 0.889 bits per heavy atom. The molecule has 2 nitrogen and oxygen atoms in total. The monoisotopic (exact) mass is 250 g/mol. The molecule has 0 radical (unpaired) electrons. The Morgan fingerprint density at radius 3 is 1.94 bits per heavy atom. The number of hydrogen-bond donors (Lipinski definition) is 0. The summed E-state index contributed by atoms with van der Waals surface area (Å²) in [5, 5.41) is 0. The maximum absolute atomic E-state index is 5.67. The molecule has 0 amide bonds. The van der Waals surface area contributed by atoms with Crippen molar-refractivity contribution in [2.45, 2.75) is 65.6 Å². The third-order valence-corrected chi connectivity index (χ3v) is 2.73. The molecule has 0 atom stereocenters. The molecule has 0 aliphatic heterocycles. The lowest BCUT2D eigenvalue weighted by Crippen LogP contribution is -2.29. The summed E-state index contributed by atoms with van der Waals surface area (Å²) in [5.74, 6) is 0.471. The minimum atomic E-state index is -0.450. The van der Waals surface area contributed by atoms with Crippen LogP contribution in [0.15, 0.2) is 24.3 Å². The predicted octanol–water partition coefficient (Wildman–Crippen LogP) is 4.79. The minimum absolute atomic E-state index is 0.302. The number of rotatable bonds is 4. The fraction of sp³-hybridized carbons (Fsp3) is 0.625. The molecule has 1 aromatic carbocycles. The van der Waals surface area contributed by atoms with E-state index in [0.717, 1.165) is 0 Å². The van der Waals surface area contributed by atoms with Crippen molar-refractivity contribution < 1.29 is 9.78 Å². The quantitative estimate of drug-likeness (QED) is 0.565. The molecular formula is C16H26O2. The van der Waals surface area contributed by atoms with Gasteiger partial charge in [-0.25, -0.2) is 9.78 Å². The van der Waals surface area contributed by atoms with Crippen LogP contribution in [0, 0.1) is 0 Å². The number of benzene rings is 1. The van der Waals surface area contributed by atoms with Crippen LogP contribution in [0.2, 0.25) is 0 Å². The second-order valence-corrected chi connectivity index (χ2v) is 6.53. The first kappa shape index (κ1) is 15.2. The van der Waals surface area contributed by atoms with Gasteiger partial charge in [-0.1, -0.05) is 38.1 Å². The van der Waals surface area contributed by atoms with E-state index >= 15 is 0 Å². The van der Waals surface area contributed by atoms with Gasteiger partial charge in [0.15, 0.2) is 0 Å². The maximum Gasteiger partial charge on any atom is 0.123 e. The zero-order valence-electron chi connectivity index (χ0n) is 12.7. The van der Waals surface area contributed by atoms with Crippen LogP contribution in [0.4, 0.5) is 0 Å². The molecule has 0 saturated heterocycles. The van der Waals surface area contributed by atoms with Crippen molar-refractivity contribution in [2.75, 3.05) is 0 Å². The van der Waals surface area contributed by atoms with Crippen LogP contribution in [0.3, 0.4) is 0 Å². The number of hydrogen-bond acceptors (Lipinski definition) is 2. The lowest BCUT2D eigenvalue weighted by molar-refractivity contribution is -0.401. The molecule has 0 unspecified atom stereocenters. The molecule has 102 valence electrons. The Labute approximate surface area is 111 Å². The summed E-state index contributed by atoms with van der Waals surface area (Å²) < 4.78 is 0. The van der Waals surface area contributed by atoms with Crippen LogP contribution in [0.5, 0.6) is 0 Å². The maximum atomic E-state index is 5.67. The first-order valence-corrected chi connectivity index (χ1v) is 6.60. The Morgan fingerprint density at radius 2 is 1.44 bits per heavy atom. The first-order chi connectivity index (χ1) is 8.13. The second kappa shape index (κ2) is 5.41. The van der Waals surface area contributed by atoms with Crippen molar-refractivity contribution in [3.63, 3.8) is 0 Å². The lowest BCUT2D eigenvalue weighted by Gasteiger charge is -2.31. The topological polar surface area (TPSA) is 18.5 Å². The average Bonchev–Trinajstić information content (AvgIpc) is 2.26. The first-order valence-electron chi connectivity index (χ1n) is 6.60. The van der Waals surface area contributed by atoms with E-state index in [9.17, 15) is 0 Å². The summed E-state index contributed by atoms with van der Waals surface area (Å²) in [6.07, 6.45) is 0. The molecular weight excluding hydrogens is 224 g/mol. The molecule has 0 aliphatic carbocycles. The molecule has 0 bridgehead atoms. The van der Waals surface area contributed by atoms with Crippen LogP contribution >= 0.6 is 0 Å². The average molecular weight is 250 g/mol. The van der Waals surface area contributed by atoms with Crippen LogP contribution in [-0.4, -0.2) is 5.60 Å². The Hall–Kier alpha value is -0.860. The van der Waals surface area contributed by atoms with E-state index in [1.807, 2.05) is 40.7 Å². The highest BCUT2D eigenvalue weighted by molar-refractivity contribution is 5.33. The lowest BCUT2D eigenvalue weighted by atomic mass is 9.88. The highest BCUT2D eigenvalue weighted by atomic mass is 17.2. The molecule has 0 aromatic heterocycles. The molecule has 0 fully saturated rings. The summed E-state index contributed by atoms with van der Waals surface area (Å²) in [5.41, 5.74) is 1.74. The normalized spacial score (nSPS) is 13.1. The van der Waals surface area contributed by atoms with Gasteiger partial charge < -0.3 is 0 Å². The minimum Gasteiger partial charge on any atom is -0.230 e. The molecule has 0 spiro atoms. The van der Waals surface area contributed by atoms with Crippen molar-refractivity contribution in [2.24, 2.45) is 0 Å². The highest BCUT2D eigenvalue weighted by Gasteiger charge is 2.28. The zero-order valence-corrected chi connectivity index (χ0v) is 12.7. The molecule has 0 N–H and O–H groups in total. The van der Waals surface area contributed by atoms with E-state index in [1.54, 1.807) is 0 Å².